The fourth-order valence-corrected chi connectivity index (χ4v) is 4.19. The molecule has 5 nitrogen and oxygen atoms in total. The number of hydrogen-bond acceptors (Lipinski definition) is 3. The summed E-state index contributed by atoms with van der Waals surface area (Å²) in [5.74, 6) is 0. The van der Waals surface area contributed by atoms with Gasteiger partial charge < -0.3 is 4.57 Å². The van der Waals surface area contributed by atoms with E-state index in [1.165, 1.54) is 6.07 Å². The van der Waals surface area contributed by atoms with Gasteiger partial charge in [0.15, 0.2) is 0 Å². The van der Waals surface area contributed by atoms with Crippen LogP contribution >= 0.6 is 23.2 Å². The Kier molecular flexibility index (Phi) is 5.40. The minimum Gasteiger partial charge on any atom is -0.350 e. The molecule has 1 atom stereocenters. The standard InChI is InChI=1S/C21H19Cl2N3O2/c22-16-6-4-15(5-7-16)14-25-12-2-11-24-10-1-3-20(24)21(25)18-13-17(26(27)28)8-9-19(18)23/h1,3-10,13,21H,2,11-12,14H2/t21-/m1/s1. The van der Waals surface area contributed by atoms with Crippen molar-refractivity contribution in [2.45, 2.75) is 25.6 Å². The van der Waals surface area contributed by atoms with Gasteiger partial charge in [0.1, 0.15) is 0 Å². The Balaban J connectivity index is 1.80. The van der Waals surface area contributed by atoms with Crippen LogP contribution < -0.4 is 0 Å². The van der Waals surface area contributed by atoms with Crippen molar-refractivity contribution < 1.29 is 4.92 Å². The normalized spacial score (nSPS) is 17.1. The first-order chi connectivity index (χ1) is 13.5. The van der Waals surface area contributed by atoms with Gasteiger partial charge in [0.05, 0.1) is 11.0 Å². The first-order valence-corrected chi connectivity index (χ1v) is 9.86. The SMILES string of the molecule is O=[N+]([O-])c1ccc(Cl)c([C@@H]2c3cccn3CCCN2Cc2ccc(Cl)cc2)c1. The Morgan fingerprint density at radius 3 is 2.61 bits per heavy atom. The summed E-state index contributed by atoms with van der Waals surface area (Å²) in [4.78, 5) is 13.3. The summed E-state index contributed by atoms with van der Waals surface area (Å²) >= 11 is 12.6. The van der Waals surface area contributed by atoms with Gasteiger partial charge in [0, 0.05) is 59.3 Å². The van der Waals surface area contributed by atoms with E-state index in [4.69, 9.17) is 23.2 Å². The molecule has 28 heavy (non-hydrogen) atoms. The Hall–Kier alpha value is -2.34. The van der Waals surface area contributed by atoms with Gasteiger partial charge in [0.25, 0.3) is 5.69 Å². The van der Waals surface area contributed by atoms with Crippen molar-refractivity contribution in [2.75, 3.05) is 6.54 Å². The molecule has 144 valence electrons. The summed E-state index contributed by atoms with van der Waals surface area (Å²) in [6.07, 6.45) is 3.04. The maximum Gasteiger partial charge on any atom is 0.269 e. The molecule has 3 aromatic rings. The molecule has 0 unspecified atom stereocenters. The van der Waals surface area contributed by atoms with Crippen molar-refractivity contribution in [3.05, 3.63) is 97.8 Å². The van der Waals surface area contributed by atoms with Crippen LogP contribution in [-0.2, 0) is 13.1 Å². The fourth-order valence-electron chi connectivity index (χ4n) is 3.84. The maximum absolute atomic E-state index is 11.3. The summed E-state index contributed by atoms with van der Waals surface area (Å²) in [5.41, 5.74) is 3.03. The van der Waals surface area contributed by atoms with Crippen molar-refractivity contribution in [3.63, 3.8) is 0 Å². The zero-order valence-corrected chi connectivity index (χ0v) is 16.6. The Morgan fingerprint density at radius 2 is 1.86 bits per heavy atom. The van der Waals surface area contributed by atoms with E-state index in [1.807, 2.05) is 30.3 Å². The topological polar surface area (TPSA) is 51.3 Å². The lowest BCUT2D eigenvalue weighted by atomic mass is 10.00. The predicted molar refractivity (Wildman–Crippen MR) is 111 cm³/mol. The molecule has 0 spiro atoms. The molecular formula is C21H19Cl2N3O2. The fraction of sp³-hybridized carbons (Fsp3) is 0.238. The Labute approximate surface area is 173 Å². The second kappa shape index (κ2) is 7.95. The lowest BCUT2D eigenvalue weighted by molar-refractivity contribution is -0.384. The zero-order valence-electron chi connectivity index (χ0n) is 15.1. The lowest BCUT2D eigenvalue weighted by Gasteiger charge is -2.31. The van der Waals surface area contributed by atoms with E-state index < -0.39 is 0 Å². The summed E-state index contributed by atoms with van der Waals surface area (Å²) in [7, 11) is 0. The third kappa shape index (κ3) is 3.78. The van der Waals surface area contributed by atoms with Gasteiger partial charge in [-0.3, -0.25) is 15.0 Å². The predicted octanol–water partition coefficient (Wildman–Crippen LogP) is 5.70. The molecule has 1 aromatic heterocycles. The van der Waals surface area contributed by atoms with Gasteiger partial charge in [-0.15, -0.1) is 0 Å². The molecule has 1 aliphatic heterocycles. The van der Waals surface area contributed by atoms with Crippen LogP contribution in [0.5, 0.6) is 0 Å². The molecule has 0 radical (unpaired) electrons. The third-order valence-electron chi connectivity index (χ3n) is 5.14. The second-order valence-electron chi connectivity index (χ2n) is 6.94. The molecule has 0 bridgehead atoms. The molecule has 2 heterocycles. The molecule has 4 rings (SSSR count). The highest BCUT2D eigenvalue weighted by atomic mass is 35.5. The number of nitro benzene ring substituents is 1. The van der Waals surface area contributed by atoms with Gasteiger partial charge in [0.2, 0.25) is 0 Å². The van der Waals surface area contributed by atoms with Crippen LogP contribution in [0.3, 0.4) is 0 Å². The highest BCUT2D eigenvalue weighted by Gasteiger charge is 2.30. The minimum absolute atomic E-state index is 0.0493. The number of non-ortho nitro benzene ring substituents is 1. The first kappa shape index (κ1) is 19.0. The zero-order chi connectivity index (χ0) is 19.7. The number of benzene rings is 2. The molecule has 1 aliphatic rings. The van der Waals surface area contributed by atoms with Crippen molar-refractivity contribution >= 4 is 28.9 Å². The molecule has 7 heteroatoms. The summed E-state index contributed by atoms with van der Waals surface area (Å²) in [5, 5.41) is 12.6. The largest absolute Gasteiger partial charge is 0.350 e. The van der Waals surface area contributed by atoms with Gasteiger partial charge in [-0.05, 0) is 42.3 Å². The van der Waals surface area contributed by atoms with Gasteiger partial charge in [-0.25, -0.2) is 0 Å². The number of aryl methyl sites for hydroxylation is 1. The quantitative estimate of drug-likeness (QED) is 0.405. The monoisotopic (exact) mass is 415 g/mol. The van der Waals surface area contributed by atoms with E-state index in [2.05, 4.69) is 21.7 Å². The summed E-state index contributed by atoms with van der Waals surface area (Å²) in [6.45, 7) is 2.46. The van der Waals surface area contributed by atoms with Gasteiger partial charge >= 0.3 is 0 Å². The van der Waals surface area contributed by atoms with Crippen LogP contribution in [0.15, 0.2) is 60.8 Å². The number of fused-ring (bicyclic) bond motifs is 1. The van der Waals surface area contributed by atoms with E-state index in [-0.39, 0.29) is 16.7 Å². The van der Waals surface area contributed by atoms with Crippen LogP contribution in [0.25, 0.3) is 0 Å². The number of rotatable bonds is 4. The highest BCUT2D eigenvalue weighted by molar-refractivity contribution is 6.31. The van der Waals surface area contributed by atoms with Crippen molar-refractivity contribution in [2.24, 2.45) is 0 Å². The van der Waals surface area contributed by atoms with E-state index in [0.717, 1.165) is 36.3 Å². The average molecular weight is 416 g/mol. The number of aromatic nitrogens is 1. The maximum atomic E-state index is 11.3. The van der Waals surface area contributed by atoms with Crippen molar-refractivity contribution in [1.82, 2.24) is 9.47 Å². The molecule has 0 amide bonds. The van der Waals surface area contributed by atoms with E-state index in [1.54, 1.807) is 12.1 Å². The Morgan fingerprint density at radius 1 is 1.07 bits per heavy atom. The molecular weight excluding hydrogens is 397 g/mol. The first-order valence-electron chi connectivity index (χ1n) is 9.10. The number of nitrogens with zero attached hydrogens (tertiary/aromatic N) is 3. The summed E-state index contributed by atoms with van der Waals surface area (Å²) in [6, 6.07) is 16.4. The number of nitro groups is 1. The molecule has 0 saturated heterocycles. The third-order valence-corrected chi connectivity index (χ3v) is 5.73. The van der Waals surface area contributed by atoms with Crippen LogP contribution in [0, 0.1) is 10.1 Å². The van der Waals surface area contributed by atoms with Crippen LogP contribution in [0.2, 0.25) is 10.0 Å². The smallest absolute Gasteiger partial charge is 0.269 e. The lowest BCUT2D eigenvalue weighted by Crippen LogP contribution is -2.29. The van der Waals surface area contributed by atoms with E-state index >= 15 is 0 Å². The van der Waals surface area contributed by atoms with Gasteiger partial charge in [-0.1, -0.05) is 35.3 Å². The number of hydrogen-bond donors (Lipinski definition) is 0. The summed E-state index contributed by atoms with van der Waals surface area (Å²) < 4.78 is 2.21. The van der Waals surface area contributed by atoms with E-state index in [0.29, 0.717) is 16.6 Å². The van der Waals surface area contributed by atoms with Crippen molar-refractivity contribution in [3.8, 4) is 0 Å². The van der Waals surface area contributed by atoms with Crippen LogP contribution in [0.4, 0.5) is 5.69 Å². The van der Waals surface area contributed by atoms with Gasteiger partial charge in [-0.2, -0.15) is 0 Å². The molecule has 0 fully saturated rings. The van der Waals surface area contributed by atoms with Crippen LogP contribution in [-0.4, -0.2) is 20.9 Å². The van der Waals surface area contributed by atoms with E-state index in [9.17, 15) is 10.1 Å². The molecule has 0 saturated carbocycles. The minimum atomic E-state index is -0.376. The molecule has 0 aliphatic carbocycles. The second-order valence-corrected chi connectivity index (χ2v) is 7.79. The number of halogens is 2. The average Bonchev–Trinajstić information content (AvgIpc) is 3.06. The molecule has 0 N–H and O–H groups in total. The van der Waals surface area contributed by atoms with Crippen LogP contribution in [0.1, 0.15) is 29.3 Å². The van der Waals surface area contributed by atoms with Crippen molar-refractivity contribution in [1.29, 1.82) is 0 Å². The Bertz CT molecular complexity index is 1000. The highest BCUT2D eigenvalue weighted by Crippen LogP contribution is 2.38. The molecule has 2 aromatic carbocycles.